The van der Waals surface area contributed by atoms with E-state index in [1.165, 1.54) is 0 Å². The number of carbonyl (C=O) groups is 2. The summed E-state index contributed by atoms with van der Waals surface area (Å²) >= 11 is 0. The van der Waals surface area contributed by atoms with E-state index in [-0.39, 0.29) is 29.8 Å². The summed E-state index contributed by atoms with van der Waals surface area (Å²) in [5, 5.41) is 2.69. The highest BCUT2D eigenvalue weighted by Crippen LogP contribution is 2.22. The van der Waals surface area contributed by atoms with Crippen LogP contribution in [0.3, 0.4) is 0 Å². The van der Waals surface area contributed by atoms with Crippen molar-refractivity contribution in [1.29, 1.82) is 0 Å². The number of nitrogens with zero attached hydrogens (tertiary/aromatic N) is 1. The highest BCUT2D eigenvalue weighted by atomic mass is 16.2. The molecule has 116 valence electrons. The fourth-order valence-corrected chi connectivity index (χ4v) is 1.94. The Kier molecular flexibility index (Phi) is 5.94. The Morgan fingerprint density at radius 1 is 1.19 bits per heavy atom. The smallest absolute Gasteiger partial charge is 0.241 e. The van der Waals surface area contributed by atoms with Crippen molar-refractivity contribution in [2.75, 3.05) is 13.6 Å². The average Bonchev–Trinajstić information content (AvgIpc) is 2.43. The van der Waals surface area contributed by atoms with Crippen LogP contribution in [-0.4, -0.2) is 36.3 Å². The van der Waals surface area contributed by atoms with Crippen molar-refractivity contribution in [2.24, 2.45) is 5.41 Å². The van der Waals surface area contributed by atoms with Gasteiger partial charge in [-0.05, 0) is 17.9 Å². The van der Waals surface area contributed by atoms with Crippen LogP contribution in [0.5, 0.6) is 0 Å². The summed E-state index contributed by atoms with van der Waals surface area (Å²) in [7, 11) is 1.78. The molecule has 21 heavy (non-hydrogen) atoms. The molecule has 0 radical (unpaired) electrons. The van der Waals surface area contributed by atoms with Crippen molar-refractivity contribution < 1.29 is 9.59 Å². The van der Waals surface area contributed by atoms with Crippen molar-refractivity contribution in [3.63, 3.8) is 0 Å². The Morgan fingerprint density at radius 2 is 1.76 bits per heavy atom. The summed E-state index contributed by atoms with van der Waals surface area (Å²) in [5.41, 5.74) is 0.956. The third kappa shape index (κ3) is 5.58. The van der Waals surface area contributed by atoms with Gasteiger partial charge in [-0.2, -0.15) is 0 Å². The molecule has 0 aliphatic rings. The van der Waals surface area contributed by atoms with Crippen molar-refractivity contribution >= 4 is 11.8 Å². The second kappa shape index (κ2) is 7.25. The highest BCUT2D eigenvalue weighted by molar-refractivity contribution is 5.85. The monoisotopic (exact) mass is 290 g/mol. The number of likely N-dealkylation sites (N-methyl/N-ethyl adjacent to an activating group) is 1. The van der Waals surface area contributed by atoms with Gasteiger partial charge >= 0.3 is 0 Å². The third-order valence-corrected chi connectivity index (χ3v) is 3.87. The van der Waals surface area contributed by atoms with Crippen molar-refractivity contribution in [2.45, 2.75) is 40.2 Å². The molecule has 0 bridgehead atoms. The second-order valence-corrected chi connectivity index (χ2v) is 6.49. The molecule has 1 aromatic rings. The molecule has 1 rings (SSSR count). The fraction of sp³-hybridized carbons (Fsp3) is 0.529. The van der Waals surface area contributed by atoms with Crippen LogP contribution < -0.4 is 5.32 Å². The zero-order valence-corrected chi connectivity index (χ0v) is 13.6. The van der Waals surface area contributed by atoms with Crippen LogP contribution in [0, 0.1) is 5.41 Å². The summed E-state index contributed by atoms with van der Waals surface area (Å²) in [6.45, 7) is 8.34. The molecular weight excluding hydrogens is 264 g/mol. The van der Waals surface area contributed by atoms with Gasteiger partial charge in [-0.1, -0.05) is 51.1 Å². The van der Waals surface area contributed by atoms with Crippen molar-refractivity contribution in [1.82, 2.24) is 10.2 Å². The van der Waals surface area contributed by atoms with Gasteiger partial charge in [0.1, 0.15) is 0 Å². The molecule has 0 aromatic heterocycles. The number of benzene rings is 1. The predicted molar refractivity (Wildman–Crippen MR) is 84.8 cm³/mol. The summed E-state index contributed by atoms with van der Waals surface area (Å²) in [6, 6.07) is 9.60. The summed E-state index contributed by atoms with van der Waals surface area (Å²) < 4.78 is 0. The first-order valence-corrected chi connectivity index (χ1v) is 7.28. The molecule has 2 amide bonds. The Balaban J connectivity index is 2.44. The van der Waals surface area contributed by atoms with Crippen molar-refractivity contribution in [3.8, 4) is 0 Å². The molecule has 0 saturated heterocycles. The molecule has 1 aromatic carbocycles. The van der Waals surface area contributed by atoms with Gasteiger partial charge in [0.15, 0.2) is 0 Å². The zero-order chi connectivity index (χ0) is 16.0. The minimum absolute atomic E-state index is 0.0124. The molecule has 4 heteroatoms. The number of hydrogen-bond acceptors (Lipinski definition) is 2. The average molecular weight is 290 g/mol. The van der Waals surface area contributed by atoms with Gasteiger partial charge in [0.2, 0.25) is 11.8 Å². The Bertz CT molecular complexity index is 477. The predicted octanol–water partition coefficient (Wildman–Crippen LogP) is 2.24. The van der Waals surface area contributed by atoms with Gasteiger partial charge in [-0.15, -0.1) is 0 Å². The Labute approximate surface area is 127 Å². The molecule has 1 N–H and O–H groups in total. The molecule has 0 aliphatic heterocycles. The van der Waals surface area contributed by atoms with Gasteiger partial charge in [-0.3, -0.25) is 9.59 Å². The SMILES string of the molecule is CC(N(C)C(=O)CNC(=O)Cc1ccccc1)C(C)(C)C. The van der Waals surface area contributed by atoms with E-state index >= 15 is 0 Å². The molecule has 0 heterocycles. The largest absolute Gasteiger partial charge is 0.347 e. The minimum Gasteiger partial charge on any atom is -0.347 e. The Morgan fingerprint density at radius 3 is 2.29 bits per heavy atom. The maximum Gasteiger partial charge on any atom is 0.241 e. The number of carbonyl (C=O) groups excluding carboxylic acids is 2. The molecule has 0 aliphatic carbocycles. The van der Waals surface area contributed by atoms with Crippen molar-refractivity contribution in [3.05, 3.63) is 35.9 Å². The van der Waals surface area contributed by atoms with E-state index in [1.54, 1.807) is 11.9 Å². The van der Waals surface area contributed by atoms with Crippen LogP contribution in [0.4, 0.5) is 0 Å². The summed E-state index contributed by atoms with van der Waals surface area (Å²) in [5.74, 6) is -0.204. The summed E-state index contributed by atoms with van der Waals surface area (Å²) in [4.78, 5) is 25.6. The van der Waals surface area contributed by atoms with E-state index in [9.17, 15) is 9.59 Å². The normalized spacial score (nSPS) is 12.6. The van der Waals surface area contributed by atoms with E-state index in [0.717, 1.165) is 5.56 Å². The van der Waals surface area contributed by atoms with Crippen LogP contribution in [0.25, 0.3) is 0 Å². The molecule has 0 spiro atoms. The zero-order valence-electron chi connectivity index (χ0n) is 13.6. The number of nitrogens with one attached hydrogen (secondary N) is 1. The fourth-order valence-electron chi connectivity index (χ4n) is 1.94. The van der Waals surface area contributed by atoms with Gasteiger partial charge in [0.05, 0.1) is 13.0 Å². The number of hydrogen-bond donors (Lipinski definition) is 1. The molecule has 0 saturated carbocycles. The first-order chi connectivity index (χ1) is 9.71. The molecule has 4 nitrogen and oxygen atoms in total. The highest BCUT2D eigenvalue weighted by Gasteiger charge is 2.26. The van der Waals surface area contributed by atoms with Crippen LogP contribution in [0.15, 0.2) is 30.3 Å². The maximum atomic E-state index is 12.1. The lowest BCUT2D eigenvalue weighted by molar-refractivity contribution is -0.134. The maximum absolute atomic E-state index is 12.1. The van der Waals surface area contributed by atoms with Gasteiger partial charge in [0, 0.05) is 13.1 Å². The quantitative estimate of drug-likeness (QED) is 0.904. The van der Waals surface area contributed by atoms with Crippen LogP contribution in [0.1, 0.15) is 33.3 Å². The van der Waals surface area contributed by atoms with E-state index in [0.29, 0.717) is 6.42 Å². The van der Waals surface area contributed by atoms with E-state index in [4.69, 9.17) is 0 Å². The van der Waals surface area contributed by atoms with Crippen LogP contribution in [-0.2, 0) is 16.0 Å². The van der Waals surface area contributed by atoms with E-state index < -0.39 is 0 Å². The lowest BCUT2D eigenvalue weighted by Gasteiger charge is -2.35. The first kappa shape index (κ1) is 17.2. The number of amides is 2. The van der Waals surface area contributed by atoms with Crippen LogP contribution >= 0.6 is 0 Å². The second-order valence-electron chi connectivity index (χ2n) is 6.49. The van der Waals surface area contributed by atoms with Gasteiger partial charge in [-0.25, -0.2) is 0 Å². The molecule has 1 unspecified atom stereocenters. The molecule has 1 atom stereocenters. The van der Waals surface area contributed by atoms with E-state index in [2.05, 4.69) is 26.1 Å². The summed E-state index contributed by atoms with van der Waals surface area (Å²) in [6.07, 6.45) is 0.298. The number of rotatable bonds is 5. The lowest BCUT2D eigenvalue weighted by Crippen LogP contribution is -2.47. The molecular formula is C17H26N2O2. The van der Waals surface area contributed by atoms with Crippen LogP contribution in [0.2, 0.25) is 0 Å². The topological polar surface area (TPSA) is 49.4 Å². The first-order valence-electron chi connectivity index (χ1n) is 7.28. The van der Waals surface area contributed by atoms with Gasteiger partial charge < -0.3 is 10.2 Å². The Hall–Kier alpha value is -1.84. The molecule has 0 fully saturated rings. The lowest BCUT2D eigenvalue weighted by atomic mass is 9.87. The standard InChI is InChI=1S/C17H26N2O2/c1-13(17(2,3)4)19(5)16(21)12-18-15(20)11-14-9-7-6-8-10-14/h6-10,13H,11-12H2,1-5H3,(H,18,20). The van der Waals surface area contributed by atoms with E-state index in [1.807, 2.05) is 37.3 Å². The third-order valence-electron chi connectivity index (χ3n) is 3.87. The van der Waals surface area contributed by atoms with Gasteiger partial charge in [0.25, 0.3) is 0 Å². The minimum atomic E-state index is -0.133.